The summed E-state index contributed by atoms with van der Waals surface area (Å²) >= 11 is 3.56. The first-order chi connectivity index (χ1) is 11.2. The Bertz CT molecular complexity index is 561. The number of rotatable bonds is 9. The molecule has 0 bridgehead atoms. The topological polar surface area (TPSA) is 30.5 Å². The molecule has 1 aromatic carbocycles. The quantitative estimate of drug-likeness (QED) is 0.430. The second-order valence-corrected chi connectivity index (χ2v) is 6.60. The van der Waals surface area contributed by atoms with E-state index in [1.165, 1.54) is 31.2 Å². The van der Waals surface area contributed by atoms with E-state index in [0.717, 1.165) is 35.5 Å². The molecule has 0 saturated carbocycles. The summed E-state index contributed by atoms with van der Waals surface area (Å²) in [6.45, 7) is 5.97. The summed E-state index contributed by atoms with van der Waals surface area (Å²) in [5, 5.41) is 3.52. The molecule has 1 aromatic rings. The number of nitrogens with one attached hydrogen (secondary N) is 1. The number of methoxy groups -OCH3 is 1. The molecule has 0 aromatic heterocycles. The minimum absolute atomic E-state index is 0. The zero-order valence-electron chi connectivity index (χ0n) is 14.3. The summed E-state index contributed by atoms with van der Waals surface area (Å²) in [4.78, 5) is 0. The van der Waals surface area contributed by atoms with E-state index >= 15 is 0 Å². The molecule has 24 heavy (non-hydrogen) atoms. The summed E-state index contributed by atoms with van der Waals surface area (Å²) < 4.78 is 12.0. The molecular weight excluding hydrogens is 390 g/mol. The van der Waals surface area contributed by atoms with Crippen molar-refractivity contribution < 1.29 is 9.47 Å². The van der Waals surface area contributed by atoms with Gasteiger partial charge in [0.15, 0.2) is 11.5 Å². The first-order valence-corrected chi connectivity index (χ1v) is 9.02. The highest BCUT2D eigenvalue weighted by molar-refractivity contribution is 9.10. The van der Waals surface area contributed by atoms with Crippen LogP contribution in [0.25, 0.3) is 0 Å². The van der Waals surface area contributed by atoms with E-state index in [2.05, 4.69) is 40.0 Å². The molecule has 5 heteroatoms. The van der Waals surface area contributed by atoms with Gasteiger partial charge in [-0.3, -0.25) is 0 Å². The van der Waals surface area contributed by atoms with E-state index in [1.54, 1.807) is 18.8 Å². The monoisotopic (exact) mass is 415 g/mol. The van der Waals surface area contributed by atoms with Crippen molar-refractivity contribution in [1.82, 2.24) is 5.32 Å². The SMILES string of the molecule is C=CCOc1c(Br)cc(CNCCC2=CCCCC2)cc1OC.Cl. The molecule has 134 valence electrons. The van der Waals surface area contributed by atoms with Crippen LogP contribution < -0.4 is 14.8 Å². The second-order valence-electron chi connectivity index (χ2n) is 5.74. The van der Waals surface area contributed by atoms with Crippen molar-refractivity contribution in [2.75, 3.05) is 20.3 Å². The second kappa shape index (κ2) is 11.6. The highest BCUT2D eigenvalue weighted by Crippen LogP contribution is 2.36. The molecule has 0 amide bonds. The van der Waals surface area contributed by atoms with Gasteiger partial charge in [0.25, 0.3) is 0 Å². The first-order valence-electron chi connectivity index (χ1n) is 8.23. The summed E-state index contributed by atoms with van der Waals surface area (Å²) in [6.07, 6.45) is 10.5. The Balaban J connectivity index is 0.00000288. The van der Waals surface area contributed by atoms with Crippen molar-refractivity contribution in [3.05, 3.63) is 46.5 Å². The van der Waals surface area contributed by atoms with E-state index in [-0.39, 0.29) is 12.4 Å². The van der Waals surface area contributed by atoms with Crippen LogP contribution in [0.2, 0.25) is 0 Å². The van der Waals surface area contributed by atoms with Crippen LogP contribution in [-0.2, 0) is 6.54 Å². The molecule has 2 rings (SSSR count). The van der Waals surface area contributed by atoms with Crippen molar-refractivity contribution in [3.8, 4) is 11.5 Å². The van der Waals surface area contributed by atoms with Crippen molar-refractivity contribution in [1.29, 1.82) is 0 Å². The van der Waals surface area contributed by atoms with Gasteiger partial charge in [-0.15, -0.1) is 12.4 Å². The summed E-state index contributed by atoms with van der Waals surface area (Å²) in [7, 11) is 1.66. The fraction of sp³-hybridized carbons (Fsp3) is 0.474. The largest absolute Gasteiger partial charge is 0.493 e. The maximum absolute atomic E-state index is 5.65. The number of benzene rings is 1. The summed E-state index contributed by atoms with van der Waals surface area (Å²) in [5.41, 5.74) is 2.79. The smallest absolute Gasteiger partial charge is 0.175 e. The highest BCUT2D eigenvalue weighted by Gasteiger charge is 2.11. The molecule has 0 atom stereocenters. The average Bonchev–Trinajstić information content (AvgIpc) is 2.58. The van der Waals surface area contributed by atoms with Crippen LogP contribution in [0.3, 0.4) is 0 Å². The minimum atomic E-state index is 0. The fourth-order valence-electron chi connectivity index (χ4n) is 2.77. The van der Waals surface area contributed by atoms with E-state index in [4.69, 9.17) is 9.47 Å². The normalized spacial score (nSPS) is 13.7. The lowest BCUT2D eigenvalue weighted by Gasteiger charge is -2.15. The minimum Gasteiger partial charge on any atom is -0.493 e. The molecular formula is C19H27BrClNO2. The first kappa shape index (κ1) is 21.1. The zero-order valence-corrected chi connectivity index (χ0v) is 16.7. The fourth-order valence-corrected chi connectivity index (χ4v) is 3.37. The molecule has 0 radical (unpaired) electrons. The van der Waals surface area contributed by atoms with Crippen LogP contribution in [0.15, 0.2) is 40.9 Å². The molecule has 0 fully saturated rings. The molecule has 0 saturated heterocycles. The third-order valence-corrected chi connectivity index (χ3v) is 4.56. The average molecular weight is 417 g/mol. The van der Waals surface area contributed by atoms with Gasteiger partial charge >= 0.3 is 0 Å². The summed E-state index contributed by atoms with van der Waals surface area (Å²) in [6, 6.07) is 4.10. The lowest BCUT2D eigenvalue weighted by atomic mass is 9.97. The Morgan fingerprint density at radius 3 is 2.83 bits per heavy atom. The van der Waals surface area contributed by atoms with Gasteiger partial charge in [-0.2, -0.15) is 0 Å². The van der Waals surface area contributed by atoms with Crippen LogP contribution in [0.4, 0.5) is 0 Å². The van der Waals surface area contributed by atoms with Gasteiger partial charge in [0.1, 0.15) is 6.61 Å². The van der Waals surface area contributed by atoms with Crippen molar-refractivity contribution in [2.24, 2.45) is 0 Å². The zero-order chi connectivity index (χ0) is 16.5. The number of halogens is 2. The Hall–Kier alpha value is -0.970. The maximum Gasteiger partial charge on any atom is 0.175 e. The predicted octanol–water partition coefficient (Wildman–Crippen LogP) is 5.42. The number of ether oxygens (including phenoxy) is 2. The third-order valence-electron chi connectivity index (χ3n) is 3.97. The molecule has 1 aliphatic rings. The molecule has 1 N–H and O–H groups in total. The Morgan fingerprint density at radius 2 is 2.17 bits per heavy atom. The molecule has 0 unspecified atom stereocenters. The van der Waals surface area contributed by atoms with Gasteiger partial charge in [0.2, 0.25) is 0 Å². The van der Waals surface area contributed by atoms with Crippen molar-refractivity contribution in [2.45, 2.75) is 38.6 Å². The Labute approximate surface area is 160 Å². The Morgan fingerprint density at radius 1 is 1.33 bits per heavy atom. The lowest BCUT2D eigenvalue weighted by Crippen LogP contribution is -2.16. The number of hydrogen-bond acceptors (Lipinski definition) is 3. The van der Waals surface area contributed by atoms with Gasteiger partial charge in [0.05, 0.1) is 11.6 Å². The number of allylic oxidation sites excluding steroid dienone is 1. The van der Waals surface area contributed by atoms with Gasteiger partial charge in [0, 0.05) is 6.54 Å². The standard InChI is InChI=1S/C19H26BrNO2.ClH/c1-3-11-23-19-17(20)12-16(13-18(19)22-2)14-21-10-9-15-7-5-4-6-8-15;/h3,7,12-13,21H,1,4-6,8-11,14H2,2H3;1H. The molecule has 1 aliphatic carbocycles. The van der Waals surface area contributed by atoms with Gasteiger partial charge < -0.3 is 14.8 Å². The lowest BCUT2D eigenvalue weighted by molar-refractivity contribution is 0.324. The van der Waals surface area contributed by atoms with Crippen molar-refractivity contribution in [3.63, 3.8) is 0 Å². The van der Waals surface area contributed by atoms with Gasteiger partial charge in [-0.1, -0.05) is 24.3 Å². The van der Waals surface area contributed by atoms with E-state index in [0.29, 0.717) is 6.61 Å². The predicted molar refractivity (Wildman–Crippen MR) is 107 cm³/mol. The van der Waals surface area contributed by atoms with Crippen LogP contribution in [-0.4, -0.2) is 20.3 Å². The summed E-state index contributed by atoms with van der Waals surface area (Å²) in [5.74, 6) is 1.47. The van der Waals surface area contributed by atoms with Gasteiger partial charge in [-0.05, 0) is 72.3 Å². The number of hydrogen-bond donors (Lipinski definition) is 1. The Kier molecular flexibility index (Phi) is 10.2. The third kappa shape index (κ3) is 6.50. The highest BCUT2D eigenvalue weighted by atomic mass is 79.9. The van der Waals surface area contributed by atoms with Crippen LogP contribution >= 0.6 is 28.3 Å². The molecule has 0 spiro atoms. The van der Waals surface area contributed by atoms with E-state index in [9.17, 15) is 0 Å². The van der Waals surface area contributed by atoms with Crippen molar-refractivity contribution >= 4 is 28.3 Å². The molecule has 0 heterocycles. The van der Waals surface area contributed by atoms with E-state index in [1.807, 2.05) is 6.07 Å². The van der Waals surface area contributed by atoms with Crippen LogP contribution in [0.1, 0.15) is 37.7 Å². The molecule has 0 aliphatic heterocycles. The van der Waals surface area contributed by atoms with Crippen LogP contribution in [0, 0.1) is 0 Å². The van der Waals surface area contributed by atoms with E-state index < -0.39 is 0 Å². The van der Waals surface area contributed by atoms with Gasteiger partial charge in [-0.25, -0.2) is 0 Å². The van der Waals surface area contributed by atoms with Crippen LogP contribution in [0.5, 0.6) is 11.5 Å². The molecule has 3 nitrogen and oxygen atoms in total. The maximum atomic E-state index is 5.65.